The van der Waals surface area contributed by atoms with Crippen LogP contribution in [0, 0.1) is 34.0 Å². The number of hydrogen-bond acceptors (Lipinski definition) is 2. The summed E-state index contributed by atoms with van der Waals surface area (Å²) in [7, 11) is -4.19. The molecule has 3 N–H and O–H groups in total. The molecule has 6 atom stereocenters. The van der Waals surface area contributed by atoms with Gasteiger partial charge in [-0.2, -0.15) is 0 Å². The molecular weight excluding hydrogens is 397 g/mol. The van der Waals surface area contributed by atoms with Gasteiger partial charge in [-0.1, -0.05) is 46.3 Å². The topological polar surface area (TPSA) is 86.6 Å². The Morgan fingerprint density at radius 1 is 1.13 bits per heavy atom. The summed E-state index contributed by atoms with van der Waals surface area (Å²) < 4.78 is 11.8. The minimum atomic E-state index is -4.19. The monoisotopic (exact) mass is 435 g/mol. The predicted molar refractivity (Wildman–Crippen MR) is 119 cm³/mol. The number of hydrogen-bond donors (Lipinski definition) is 3. The van der Waals surface area contributed by atoms with Crippen molar-refractivity contribution in [3.05, 3.63) is 23.0 Å². The molecule has 0 aromatic rings. The highest BCUT2D eigenvalue weighted by Gasteiger charge is 2.59. The van der Waals surface area contributed by atoms with Crippen LogP contribution in [-0.2, 0) is 9.36 Å². The van der Waals surface area contributed by atoms with Gasteiger partial charge in [0.25, 0.3) is 0 Å². The zero-order valence-corrected chi connectivity index (χ0v) is 20.0. The average Bonchev–Trinajstić information content (AvgIpc) is 2.96. The molecule has 4 rings (SSSR count). The number of fused-ring (bicyclic) bond motifs is 5. The van der Waals surface area contributed by atoms with Crippen molar-refractivity contribution in [1.82, 2.24) is 5.32 Å². The zero-order chi connectivity index (χ0) is 22.1. The molecule has 4 aliphatic rings. The maximum Gasteiger partial charge on any atom is 0.355 e. The molecule has 0 aromatic carbocycles. The average molecular weight is 436 g/mol. The smallest absolute Gasteiger partial charge is 0.352 e. The Hall–Kier alpha value is -0.900. The van der Waals surface area contributed by atoms with Crippen LogP contribution in [0.1, 0.15) is 79.6 Å². The first-order valence-corrected chi connectivity index (χ1v) is 13.2. The molecule has 6 heteroatoms. The first kappa shape index (κ1) is 22.3. The maximum atomic E-state index is 12.7. The molecule has 4 aliphatic carbocycles. The molecule has 0 spiro atoms. The van der Waals surface area contributed by atoms with Gasteiger partial charge in [-0.15, -0.1) is 0 Å². The largest absolute Gasteiger partial charge is 0.355 e. The Balaban J connectivity index is 1.56. The summed E-state index contributed by atoms with van der Waals surface area (Å²) in [5.41, 5.74) is 1.04. The maximum absolute atomic E-state index is 12.7. The Morgan fingerprint density at radius 3 is 2.47 bits per heavy atom. The van der Waals surface area contributed by atoms with E-state index in [2.05, 4.69) is 19.2 Å². The van der Waals surface area contributed by atoms with Crippen LogP contribution in [0.5, 0.6) is 0 Å². The molecule has 1 unspecified atom stereocenters. The van der Waals surface area contributed by atoms with Crippen LogP contribution < -0.4 is 5.32 Å². The van der Waals surface area contributed by atoms with Crippen molar-refractivity contribution >= 4 is 13.5 Å². The molecule has 0 aromatic heterocycles. The Bertz CT molecular complexity index is 850. The normalized spacial score (nSPS) is 41.2. The van der Waals surface area contributed by atoms with E-state index in [1.54, 1.807) is 6.08 Å². The number of rotatable bonds is 2. The van der Waals surface area contributed by atoms with Crippen molar-refractivity contribution in [2.45, 2.75) is 85.6 Å². The fraction of sp³-hybridized carbons (Fsp3) is 0.792. The zero-order valence-electron chi connectivity index (χ0n) is 19.1. The van der Waals surface area contributed by atoms with E-state index in [1.165, 1.54) is 12.0 Å². The van der Waals surface area contributed by atoms with Gasteiger partial charge in [-0.3, -0.25) is 9.36 Å². The lowest BCUT2D eigenvalue weighted by molar-refractivity contribution is -0.131. The molecule has 168 valence electrons. The van der Waals surface area contributed by atoms with Crippen LogP contribution in [0.3, 0.4) is 0 Å². The second-order valence-corrected chi connectivity index (χ2v) is 13.4. The standard InChI is InChI=1S/C24H38NO4P/c1-22(2,3)21(26)25-20-9-8-18-17-7-6-15-14-16(30(27,28)29)10-12-23(15,4)19(17)11-13-24(18,20)5/h10,14,17-20H,6-9,11-13H2,1-5H3,(H,25,26)(H2,27,28,29)/t17-,18-,19+,20?,23-,24-/m0/s1. The van der Waals surface area contributed by atoms with Gasteiger partial charge < -0.3 is 15.1 Å². The SMILES string of the molecule is CC(C)(C)C(=O)NC1CC[C@H]2[C@@H]3CCC4=CC(P(=O)(O)O)=CC[C@]4(C)[C@@H]3CC[C@]12C. The van der Waals surface area contributed by atoms with E-state index in [9.17, 15) is 19.1 Å². The van der Waals surface area contributed by atoms with Crippen molar-refractivity contribution in [1.29, 1.82) is 0 Å². The van der Waals surface area contributed by atoms with Gasteiger partial charge in [0.2, 0.25) is 5.91 Å². The third kappa shape index (κ3) is 3.45. The number of nitrogens with one attached hydrogen (secondary N) is 1. The van der Waals surface area contributed by atoms with Crippen molar-refractivity contribution < 1.29 is 19.1 Å². The summed E-state index contributed by atoms with van der Waals surface area (Å²) in [6, 6.07) is 0.257. The highest BCUT2D eigenvalue weighted by atomic mass is 31.2. The molecule has 0 aliphatic heterocycles. The summed E-state index contributed by atoms with van der Waals surface area (Å²) >= 11 is 0. The fourth-order valence-electron chi connectivity index (χ4n) is 7.22. The Labute approximate surface area is 180 Å². The lowest BCUT2D eigenvalue weighted by Crippen LogP contribution is -2.54. The predicted octanol–water partition coefficient (Wildman–Crippen LogP) is 5.15. The van der Waals surface area contributed by atoms with E-state index in [0.29, 0.717) is 17.8 Å². The highest BCUT2D eigenvalue weighted by molar-refractivity contribution is 7.56. The molecule has 1 amide bonds. The van der Waals surface area contributed by atoms with E-state index >= 15 is 0 Å². The second kappa shape index (κ2) is 7.05. The summed E-state index contributed by atoms with van der Waals surface area (Å²) in [5.74, 6) is 1.96. The lowest BCUT2D eigenvalue weighted by Gasteiger charge is -2.58. The molecular formula is C24H38NO4P. The lowest BCUT2D eigenvalue weighted by atomic mass is 9.47. The number of carbonyl (C=O) groups excluding carboxylic acids is 1. The van der Waals surface area contributed by atoms with Crippen molar-refractivity contribution in [3.63, 3.8) is 0 Å². The van der Waals surface area contributed by atoms with Crippen molar-refractivity contribution in [3.8, 4) is 0 Å². The summed E-state index contributed by atoms with van der Waals surface area (Å²) in [5, 5.41) is 3.60. The molecule has 0 bridgehead atoms. The van der Waals surface area contributed by atoms with Gasteiger partial charge in [0, 0.05) is 11.5 Å². The number of amides is 1. The van der Waals surface area contributed by atoms with Crippen molar-refractivity contribution in [2.24, 2.45) is 34.0 Å². The summed E-state index contributed by atoms with van der Waals surface area (Å²) in [6.07, 6.45) is 10.9. The number of allylic oxidation sites excluding steroid dienone is 4. The van der Waals surface area contributed by atoms with Gasteiger partial charge in [0.1, 0.15) is 0 Å². The molecule has 0 radical (unpaired) electrons. The molecule has 3 saturated carbocycles. The van der Waals surface area contributed by atoms with Crippen LogP contribution in [-0.4, -0.2) is 21.7 Å². The van der Waals surface area contributed by atoms with E-state index in [1.807, 2.05) is 26.8 Å². The van der Waals surface area contributed by atoms with Gasteiger partial charge >= 0.3 is 7.60 Å². The highest BCUT2D eigenvalue weighted by Crippen LogP contribution is 2.66. The molecule has 0 saturated heterocycles. The van der Waals surface area contributed by atoms with Gasteiger partial charge in [-0.05, 0) is 79.6 Å². The third-order valence-electron chi connectivity index (χ3n) is 9.12. The van der Waals surface area contributed by atoms with E-state index in [4.69, 9.17) is 0 Å². The quantitative estimate of drug-likeness (QED) is 0.524. The van der Waals surface area contributed by atoms with E-state index in [0.717, 1.165) is 38.5 Å². The second-order valence-electron chi connectivity index (χ2n) is 11.8. The summed E-state index contributed by atoms with van der Waals surface area (Å²) in [6.45, 7) is 10.7. The van der Waals surface area contributed by atoms with E-state index in [-0.39, 0.29) is 33.5 Å². The first-order valence-electron chi connectivity index (χ1n) is 11.5. The van der Waals surface area contributed by atoms with Gasteiger partial charge in [0.15, 0.2) is 0 Å². The van der Waals surface area contributed by atoms with E-state index < -0.39 is 7.60 Å². The molecule has 0 heterocycles. The molecule has 5 nitrogen and oxygen atoms in total. The van der Waals surface area contributed by atoms with Gasteiger partial charge in [-0.25, -0.2) is 0 Å². The first-order chi connectivity index (χ1) is 13.8. The number of carbonyl (C=O) groups is 1. The van der Waals surface area contributed by atoms with Crippen LogP contribution in [0.15, 0.2) is 23.0 Å². The minimum Gasteiger partial charge on any atom is -0.352 e. The van der Waals surface area contributed by atoms with Crippen molar-refractivity contribution in [2.75, 3.05) is 0 Å². The fourth-order valence-corrected chi connectivity index (χ4v) is 7.87. The van der Waals surface area contributed by atoms with Crippen LogP contribution in [0.2, 0.25) is 0 Å². The van der Waals surface area contributed by atoms with Gasteiger partial charge in [0.05, 0.1) is 5.31 Å². The van der Waals surface area contributed by atoms with Crippen LogP contribution >= 0.6 is 7.60 Å². The summed E-state index contributed by atoms with van der Waals surface area (Å²) in [4.78, 5) is 31.9. The minimum absolute atomic E-state index is 0.00958. The van der Waals surface area contributed by atoms with Crippen LogP contribution in [0.4, 0.5) is 0 Å². The molecule has 30 heavy (non-hydrogen) atoms. The Kier molecular flexibility index (Phi) is 5.24. The molecule has 3 fully saturated rings. The Morgan fingerprint density at radius 2 is 1.83 bits per heavy atom. The van der Waals surface area contributed by atoms with Crippen LogP contribution in [0.25, 0.3) is 0 Å². The third-order valence-corrected chi connectivity index (χ3v) is 10.1.